The number of imidazole rings is 1. The van der Waals surface area contributed by atoms with Crippen molar-refractivity contribution in [1.82, 2.24) is 19.3 Å². The Hall–Kier alpha value is -3.23. The van der Waals surface area contributed by atoms with E-state index in [1.807, 2.05) is 36.0 Å². The summed E-state index contributed by atoms with van der Waals surface area (Å²) in [6, 6.07) is 5.83. The Morgan fingerprint density at radius 1 is 1.28 bits per heavy atom. The number of nitrogens with zero attached hydrogens (tertiary/aromatic N) is 4. The highest BCUT2D eigenvalue weighted by Gasteiger charge is 2.49. The molecule has 0 radical (unpaired) electrons. The van der Waals surface area contributed by atoms with E-state index in [9.17, 15) is 13.6 Å². The SMILES string of the molecule is CCOC(=O)c1nc(C2CC(F)(F)C2)c2n1CCc1cc(OC)c(-c3ccn(C)n3)cc1-2. The average molecular weight is 442 g/mol. The lowest BCUT2D eigenvalue weighted by molar-refractivity contribution is -0.0874. The van der Waals surface area contributed by atoms with E-state index in [1.54, 1.807) is 18.7 Å². The van der Waals surface area contributed by atoms with Gasteiger partial charge in [-0.2, -0.15) is 5.10 Å². The van der Waals surface area contributed by atoms with Crippen LogP contribution >= 0.6 is 0 Å². The Morgan fingerprint density at radius 3 is 2.69 bits per heavy atom. The van der Waals surface area contributed by atoms with Gasteiger partial charge in [-0.05, 0) is 37.1 Å². The van der Waals surface area contributed by atoms with Gasteiger partial charge in [-0.15, -0.1) is 0 Å². The minimum absolute atomic E-state index is 0.174. The van der Waals surface area contributed by atoms with Crippen LogP contribution in [0.1, 0.15) is 47.6 Å². The van der Waals surface area contributed by atoms with Crippen molar-refractivity contribution in [2.24, 2.45) is 7.05 Å². The second-order valence-electron chi connectivity index (χ2n) is 8.34. The Bertz CT molecular complexity index is 1210. The van der Waals surface area contributed by atoms with Gasteiger partial charge in [-0.25, -0.2) is 18.6 Å². The Morgan fingerprint density at radius 2 is 2.06 bits per heavy atom. The number of aryl methyl sites for hydroxylation is 2. The number of fused-ring (bicyclic) bond motifs is 3. The number of carbonyl (C=O) groups is 1. The standard InChI is InChI=1S/C23H24F2N4O3/c1-4-32-22(30)21-26-19(14-11-23(24,25)12-14)20-15-10-16(17-6-7-28(2)27-17)18(31-3)9-13(15)5-8-29(20)21/h6-7,9-10,14H,4-5,8,11-12H2,1-3H3. The summed E-state index contributed by atoms with van der Waals surface area (Å²) in [4.78, 5) is 17.2. The van der Waals surface area contributed by atoms with Crippen LogP contribution in [0.4, 0.5) is 8.78 Å². The molecule has 0 saturated heterocycles. The number of hydrogen-bond donors (Lipinski definition) is 0. The molecule has 0 amide bonds. The van der Waals surface area contributed by atoms with Gasteiger partial charge in [-0.3, -0.25) is 4.68 Å². The van der Waals surface area contributed by atoms with E-state index in [-0.39, 0.29) is 25.3 Å². The zero-order valence-corrected chi connectivity index (χ0v) is 18.2. The van der Waals surface area contributed by atoms with Gasteiger partial charge in [0.1, 0.15) is 5.75 Å². The average Bonchev–Trinajstić information content (AvgIpc) is 3.35. The number of benzene rings is 1. The first-order valence-corrected chi connectivity index (χ1v) is 10.7. The number of esters is 1. The highest BCUT2D eigenvalue weighted by Crippen LogP contribution is 2.51. The largest absolute Gasteiger partial charge is 0.496 e. The van der Waals surface area contributed by atoms with E-state index >= 15 is 0 Å². The van der Waals surface area contributed by atoms with Crippen LogP contribution in [-0.2, 0) is 24.8 Å². The second kappa shape index (κ2) is 7.43. The van der Waals surface area contributed by atoms with Crippen LogP contribution in [0.15, 0.2) is 24.4 Å². The number of ether oxygens (including phenoxy) is 2. The summed E-state index contributed by atoms with van der Waals surface area (Å²) in [6.07, 6.45) is 1.97. The topological polar surface area (TPSA) is 71.2 Å². The lowest BCUT2D eigenvalue weighted by atomic mass is 9.77. The third-order valence-corrected chi connectivity index (χ3v) is 6.20. The number of halogens is 2. The molecule has 168 valence electrons. The summed E-state index contributed by atoms with van der Waals surface area (Å²) in [6.45, 7) is 2.46. The van der Waals surface area contributed by atoms with Gasteiger partial charge in [0.2, 0.25) is 11.7 Å². The highest BCUT2D eigenvalue weighted by atomic mass is 19.3. The molecular formula is C23H24F2N4O3. The van der Waals surface area contributed by atoms with E-state index in [0.717, 1.165) is 28.1 Å². The van der Waals surface area contributed by atoms with Crippen LogP contribution in [0, 0.1) is 0 Å². The molecule has 0 N–H and O–H groups in total. The lowest BCUT2D eigenvalue weighted by Gasteiger charge is -2.35. The molecule has 32 heavy (non-hydrogen) atoms. The third kappa shape index (κ3) is 3.27. The van der Waals surface area contributed by atoms with Gasteiger partial charge in [0.25, 0.3) is 0 Å². The van der Waals surface area contributed by atoms with E-state index in [4.69, 9.17) is 9.47 Å². The molecule has 1 aromatic carbocycles. The monoisotopic (exact) mass is 442 g/mol. The van der Waals surface area contributed by atoms with Crippen LogP contribution < -0.4 is 4.74 Å². The summed E-state index contributed by atoms with van der Waals surface area (Å²) in [5, 5.41) is 4.50. The van der Waals surface area contributed by atoms with Gasteiger partial charge in [-0.1, -0.05) is 0 Å². The van der Waals surface area contributed by atoms with Crippen molar-refractivity contribution in [3.05, 3.63) is 41.5 Å². The van der Waals surface area contributed by atoms with Gasteiger partial charge < -0.3 is 14.0 Å². The number of hydrogen-bond acceptors (Lipinski definition) is 5. The Balaban J connectivity index is 1.70. The van der Waals surface area contributed by atoms with Crippen molar-refractivity contribution in [3.8, 4) is 28.3 Å². The molecule has 9 heteroatoms. The fraction of sp³-hybridized carbons (Fsp3) is 0.435. The van der Waals surface area contributed by atoms with Crippen LogP contribution in [0.5, 0.6) is 5.75 Å². The van der Waals surface area contributed by atoms with Crippen LogP contribution in [0.25, 0.3) is 22.5 Å². The molecule has 3 aromatic rings. The molecule has 0 bridgehead atoms. The summed E-state index contributed by atoms with van der Waals surface area (Å²) >= 11 is 0. The third-order valence-electron chi connectivity index (χ3n) is 6.20. The number of carbonyl (C=O) groups excluding carboxylic acids is 1. The Kier molecular flexibility index (Phi) is 4.79. The molecule has 1 aliphatic carbocycles. The van der Waals surface area contributed by atoms with E-state index in [1.165, 1.54) is 0 Å². The molecular weight excluding hydrogens is 418 g/mol. The second-order valence-corrected chi connectivity index (χ2v) is 8.34. The van der Waals surface area contributed by atoms with Crippen LogP contribution in [-0.4, -0.2) is 44.9 Å². The smallest absolute Gasteiger partial charge is 0.374 e. The zero-order chi connectivity index (χ0) is 22.6. The molecule has 7 nitrogen and oxygen atoms in total. The quantitative estimate of drug-likeness (QED) is 0.554. The molecule has 2 aromatic heterocycles. The first-order chi connectivity index (χ1) is 15.3. The minimum atomic E-state index is -2.69. The number of alkyl halides is 2. The predicted molar refractivity (Wildman–Crippen MR) is 113 cm³/mol. The fourth-order valence-corrected chi connectivity index (χ4v) is 4.67. The number of aromatic nitrogens is 4. The van der Waals surface area contributed by atoms with E-state index in [2.05, 4.69) is 10.1 Å². The van der Waals surface area contributed by atoms with Crippen molar-refractivity contribution in [1.29, 1.82) is 0 Å². The van der Waals surface area contributed by atoms with Crippen molar-refractivity contribution < 1.29 is 23.0 Å². The van der Waals surface area contributed by atoms with Crippen molar-refractivity contribution in [2.75, 3.05) is 13.7 Å². The molecule has 0 atom stereocenters. The first kappa shape index (κ1) is 20.7. The summed E-state index contributed by atoms with van der Waals surface area (Å²) in [7, 11) is 3.45. The van der Waals surface area contributed by atoms with Crippen molar-refractivity contribution in [3.63, 3.8) is 0 Å². The Labute approximate surface area is 184 Å². The summed E-state index contributed by atoms with van der Waals surface area (Å²) in [5.74, 6) is -2.76. The molecule has 1 aliphatic heterocycles. The molecule has 3 heterocycles. The van der Waals surface area contributed by atoms with Gasteiger partial charge in [0.05, 0.1) is 30.8 Å². The minimum Gasteiger partial charge on any atom is -0.496 e. The molecule has 2 aliphatic rings. The maximum Gasteiger partial charge on any atom is 0.374 e. The predicted octanol–water partition coefficient (Wildman–Crippen LogP) is 4.20. The maximum atomic E-state index is 13.7. The van der Waals surface area contributed by atoms with E-state index in [0.29, 0.717) is 24.4 Å². The zero-order valence-electron chi connectivity index (χ0n) is 18.2. The van der Waals surface area contributed by atoms with Crippen LogP contribution in [0.2, 0.25) is 0 Å². The lowest BCUT2D eigenvalue weighted by Crippen LogP contribution is -2.34. The normalized spacial score (nSPS) is 16.8. The first-order valence-electron chi connectivity index (χ1n) is 10.7. The van der Waals surface area contributed by atoms with Crippen molar-refractivity contribution >= 4 is 5.97 Å². The van der Waals surface area contributed by atoms with Crippen LogP contribution in [0.3, 0.4) is 0 Å². The fourth-order valence-electron chi connectivity index (χ4n) is 4.67. The molecule has 1 fully saturated rings. The highest BCUT2D eigenvalue weighted by molar-refractivity contribution is 5.89. The molecule has 0 unspecified atom stereocenters. The van der Waals surface area contributed by atoms with Crippen molar-refractivity contribution in [2.45, 2.75) is 44.6 Å². The summed E-state index contributed by atoms with van der Waals surface area (Å²) in [5.41, 5.74) is 4.68. The van der Waals surface area contributed by atoms with Gasteiger partial charge >= 0.3 is 5.97 Å². The molecule has 0 spiro atoms. The molecule has 1 saturated carbocycles. The molecule has 5 rings (SSSR count). The summed E-state index contributed by atoms with van der Waals surface area (Å²) < 4.78 is 41.8. The maximum absolute atomic E-state index is 13.7. The number of methoxy groups -OCH3 is 1. The van der Waals surface area contributed by atoms with Gasteiger partial charge in [0, 0.05) is 49.7 Å². The number of rotatable bonds is 5. The van der Waals surface area contributed by atoms with Gasteiger partial charge in [0.15, 0.2) is 0 Å². The van der Waals surface area contributed by atoms with E-state index < -0.39 is 17.8 Å².